The maximum absolute atomic E-state index is 11.3. The summed E-state index contributed by atoms with van der Waals surface area (Å²) in [7, 11) is 0. The van der Waals surface area contributed by atoms with Gasteiger partial charge in [-0.1, -0.05) is 30.3 Å². The van der Waals surface area contributed by atoms with Crippen molar-refractivity contribution < 1.29 is 9.53 Å². The summed E-state index contributed by atoms with van der Waals surface area (Å²) in [5, 5.41) is 3.02. The minimum Gasteiger partial charge on any atom is -0.379 e. The fourth-order valence-electron chi connectivity index (χ4n) is 2.21. The number of amides is 1. The van der Waals surface area contributed by atoms with E-state index in [1.807, 2.05) is 18.2 Å². The van der Waals surface area contributed by atoms with E-state index in [1.54, 1.807) is 6.92 Å². The summed E-state index contributed by atoms with van der Waals surface area (Å²) in [5.74, 6) is 0.0112. The molecule has 1 fully saturated rings. The summed E-state index contributed by atoms with van der Waals surface area (Å²) in [6, 6.07) is 10.2. The van der Waals surface area contributed by atoms with Crippen molar-refractivity contribution in [3.05, 3.63) is 35.9 Å². The first-order valence-electron chi connectivity index (χ1n) is 6.38. The number of benzene rings is 1. The van der Waals surface area contributed by atoms with Gasteiger partial charge in [0, 0.05) is 26.6 Å². The predicted molar refractivity (Wildman–Crippen MR) is 70.3 cm³/mol. The summed E-state index contributed by atoms with van der Waals surface area (Å²) < 4.78 is 5.34. The van der Waals surface area contributed by atoms with E-state index in [0.29, 0.717) is 0 Å². The highest BCUT2D eigenvalue weighted by Crippen LogP contribution is 2.15. The highest BCUT2D eigenvalue weighted by atomic mass is 16.5. The van der Waals surface area contributed by atoms with Crippen molar-refractivity contribution in [3.8, 4) is 0 Å². The standard InChI is InChI=1S/C14H20N2O2/c1-12(17)15-14(13-5-3-2-4-6-13)11-16-7-9-18-10-8-16/h2-6,14H,7-11H2,1H3,(H,15,17). The maximum Gasteiger partial charge on any atom is 0.217 e. The van der Waals surface area contributed by atoms with E-state index in [0.717, 1.165) is 38.4 Å². The van der Waals surface area contributed by atoms with Gasteiger partial charge in [-0.3, -0.25) is 9.69 Å². The van der Waals surface area contributed by atoms with Gasteiger partial charge >= 0.3 is 0 Å². The number of hydrogen-bond donors (Lipinski definition) is 1. The Bertz CT molecular complexity index is 375. The van der Waals surface area contributed by atoms with Gasteiger partial charge in [0.1, 0.15) is 0 Å². The number of nitrogens with zero attached hydrogens (tertiary/aromatic N) is 1. The Hall–Kier alpha value is -1.39. The number of rotatable bonds is 4. The van der Waals surface area contributed by atoms with Gasteiger partial charge in [0.25, 0.3) is 0 Å². The summed E-state index contributed by atoms with van der Waals surface area (Å²) in [6.45, 7) is 5.83. The minimum atomic E-state index is 0.0112. The Kier molecular flexibility index (Phi) is 4.73. The molecule has 0 aromatic heterocycles. The van der Waals surface area contributed by atoms with Crippen LogP contribution in [0.25, 0.3) is 0 Å². The molecule has 1 heterocycles. The molecule has 1 aliphatic heterocycles. The van der Waals surface area contributed by atoms with Crippen LogP contribution in [-0.4, -0.2) is 43.7 Å². The van der Waals surface area contributed by atoms with Crippen LogP contribution in [0, 0.1) is 0 Å². The van der Waals surface area contributed by atoms with Crippen LogP contribution in [0.1, 0.15) is 18.5 Å². The second-order valence-corrected chi connectivity index (χ2v) is 4.58. The second-order valence-electron chi connectivity index (χ2n) is 4.58. The van der Waals surface area contributed by atoms with Gasteiger partial charge < -0.3 is 10.1 Å². The third-order valence-electron chi connectivity index (χ3n) is 3.12. The minimum absolute atomic E-state index is 0.0112. The monoisotopic (exact) mass is 248 g/mol. The van der Waals surface area contributed by atoms with Crippen LogP contribution in [0.2, 0.25) is 0 Å². The molecule has 0 saturated carbocycles. The number of carbonyl (C=O) groups excluding carboxylic acids is 1. The lowest BCUT2D eigenvalue weighted by Gasteiger charge is -2.30. The molecule has 1 saturated heterocycles. The summed E-state index contributed by atoms with van der Waals surface area (Å²) in [4.78, 5) is 13.6. The molecule has 0 spiro atoms. The molecule has 0 aliphatic carbocycles. The molecule has 0 radical (unpaired) electrons. The normalized spacial score (nSPS) is 18.3. The zero-order chi connectivity index (χ0) is 12.8. The topological polar surface area (TPSA) is 41.6 Å². The molecule has 1 aliphatic rings. The van der Waals surface area contributed by atoms with Crippen LogP contribution in [0.3, 0.4) is 0 Å². The van der Waals surface area contributed by atoms with Crippen LogP contribution in [0.5, 0.6) is 0 Å². The summed E-state index contributed by atoms with van der Waals surface area (Å²) in [6.07, 6.45) is 0. The fraction of sp³-hybridized carbons (Fsp3) is 0.500. The highest BCUT2D eigenvalue weighted by Gasteiger charge is 2.18. The Labute approximate surface area is 108 Å². The average Bonchev–Trinajstić information content (AvgIpc) is 2.40. The molecule has 4 heteroatoms. The van der Waals surface area contributed by atoms with Crippen molar-refractivity contribution in [2.75, 3.05) is 32.8 Å². The smallest absolute Gasteiger partial charge is 0.217 e. The van der Waals surface area contributed by atoms with Crippen LogP contribution in [0.15, 0.2) is 30.3 Å². The van der Waals surface area contributed by atoms with E-state index < -0.39 is 0 Å². The fourth-order valence-corrected chi connectivity index (χ4v) is 2.21. The van der Waals surface area contributed by atoms with Gasteiger partial charge in [-0.05, 0) is 5.56 Å². The molecule has 0 bridgehead atoms. The van der Waals surface area contributed by atoms with Crippen LogP contribution in [-0.2, 0) is 9.53 Å². The van der Waals surface area contributed by atoms with E-state index in [-0.39, 0.29) is 11.9 Å². The number of hydrogen-bond acceptors (Lipinski definition) is 3. The lowest BCUT2D eigenvalue weighted by molar-refractivity contribution is -0.119. The third kappa shape index (κ3) is 3.82. The first kappa shape index (κ1) is 13.1. The van der Waals surface area contributed by atoms with Crippen LogP contribution in [0.4, 0.5) is 0 Å². The molecular weight excluding hydrogens is 228 g/mol. The molecular formula is C14H20N2O2. The number of morpholine rings is 1. The molecule has 1 atom stereocenters. The zero-order valence-electron chi connectivity index (χ0n) is 10.8. The Morgan fingerprint density at radius 2 is 2.00 bits per heavy atom. The number of ether oxygens (including phenoxy) is 1. The second kappa shape index (κ2) is 6.52. The first-order valence-corrected chi connectivity index (χ1v) is 6.38. The van der Waals surface area contributed by atoms with E-state index in [4.69, 9.17) is 4.74 Å². The number of carbonyl (C=O) groups is 1. The molecule has 1 aromatic rings. The zero-order valence-corrected chi connectivity index (χ0v) is 10.8. The maximum atomic E-state index is 11.3. The van der Waals surface area contributed by atoms with Crippen LogP contribution < -0.4 is 5.32 Å². The molecule has 98 valence electrons. The van der Waals surface area contributed by atoms with Gasteiger partial charge in [-0.25, -0.2) is 0 Å². The molecule has 1 N–H and O–H groups in total. The number of nitrogens with one attached hydrogen (secondary N) is 1. The van der Waals surface area contributed by atoms with E-state index >= 15 is 0 Å². The summed E-state index contributed by atoms with van der Waals surface area (Å²) in [5.41, 5.74) is 1.15. The van der Waals surface area contributed by atoms with Gasteiger partial charge in [0.2, 0.25) is 5.91 Å². The lowest BCUT2D eigenvalue weighted by Crippen LogP contribution is -2.42. The molecule has 2 rings (SSSR count). The molecule has 1 unspecified atom stereocenters. The van der Waals surface area contributed by atoms with Crippen molar-refractivity contribution in [1.82, 2.24) is 10.2 Å². The Morgan fingerprint density at radius 1 is 1.33 bits per heavy atom. The first-order chi connectivity index (χ1) is 8.75. The van der Waals surface area contributed by atoms with Crippen molar-refractivity contribution in [1.29, 1.82) is 0 Å². The van der Waals surface area contributed by atoms with Crippen molar-refractivity contribution in [3.63, 3.8) is 0 Å². The van der Waals surface area contributed by atoms with Crippen molar-refractivity contribution in [2.24, 2.45) is 0 Å². The Balaban J connectivity index is 2.02. The van der Waals surface area contributed by atoms with Crippen LogP contribution >= 0.6 is 0 Å². The molecule has 1 aromatic carbocycles. The van der Waals surface area contributed by atoms with Gasteiger partial charge in [0.05, 0.1) is 19.3 Å². The summed E-state index contributed by atoms with van der Waals surface area (Å²) >= 11 is 0. The third-order valence-corrected chi connectivity index (χ3v) is 3.12. The average molecular weight is 248 g/mol. The largest absolute Gasteiger partial charge is 0.379 e. The molecule has 4 nitrogen and oxygen atoms in total. The lowest BCUT2D eigenvalue weighted by atomic mass is 10.1. The van der Waals surface area contributed by atoms with E-state index in [9.17, 15) is 4.79 Å². The molecule has 1 amide bonds. The predicted octanol–water partition coefficient (Wildman–Crippen LogP) is 1.20. The van der Waals surface area contributed by atoms with Gasteiger partial charge in [-0.15, -0.1) is 0 Å². The van der Waals surface area contributed by atoms with E-state index in [1.165, 1.54) is 0 Å². The van der Waals surface area contributed by atoms with Gasteiger partial charge in [-0.2, -0.15) is 0 Å². The molecule has 18 heavy (non-hydrogen) atoms. The highest BCUT2D eigenvalue weighted by molar-refractivity contribution is 5.73. The SMILES string of the molecule is CC(=O)NC(CN1CCOCC1)c1ccccc1. The van der Waals surface area contributed by atoms with Crippen molar-refractivity contribution in [2.45, 2.75) is 13.0 Å². The van der Waals surface area contributed by atoms with E-state index in [2.05, 4.69) is 22.3 Å². The quantitative estimate of drug-likeness (QED) is 0.870. The Morgan fingerprint density at radius 3 is 2.61 bits per heavy atom. The van der Waals surface area contributed by atoms with Crippen molar-refractivity contribution >= 4 is 5.91 Å². The van der Waals surface area contributed by atoms with Gasteiger partial charge in [0.15, 0.2) is 0 Å².